The Labute approximate surface area is 123 Å². The van der Waals surface area contributed by atoms with Gasteiger partial charge in [0, 0.05) is 7.05 Å². The predicted octanol–water partition coefficient (Wildman–Crippen LogP) is 1.08. The van der Waals surface area contributed by atoms with Crippen molar-refractivity contribution < 1.29 is 17.9 Å². The average Bonchev–Trinajstić information content (AvgIpc) is 2.69. The van der Waals surface area contributed by atoms with E-state index in [1.54, 1.807) is 7.05 Å². The van der Waals surface area contributed by atoms with Crippen LogP contribution in [0.2, 0.25) is 5.15 Å². The number of esters is 1. The molecule has 1 unspecified atom stereocenters. The molecule has 0 saturated carbocycles. The van der Waals surface area contributed by atoms with Gasteiger partial charge in [0.25, 0.3) is 10.0 Å². The summed E-state index contributed by atoms with van der Waals surface area (Å²) in [7, 11) is -1.24. The molecule has 0 spiro atoms. The van der Waals surface area contributed by atoms with Gasteiger partial charge in [0.05, 0.1) is 13.4 Å². The largest absolute Gasteiger partial charge is 0.468 e. The van der Waals surface area contributed by atoms with Crippen molar-refractivity contribution in [1.82, 2.24) is 14.3 Å². The summed E-state index contributed by atoms with van der Waals surface area (Å²) < 4.78 is 33.0. The number of rotatable bonds is 6. The number of sulfonamides is 1. The van der Waals surface area contributed by atoms with Crippen molar-refractivity contribution in [3.63, 3.8) is 0 Å². The number of hydrogen-bond donors (Lipinski definition) is 1. The molecule has 0 bridgehead atoms. The molecule has 1 aromatic heterocycles. The molecule has 0 aliphatic rings. The number of halogens is 1. The Morgan fingerprint density at radius 3 is 2.60 bits per heavy atom. The zero-order valence-corrected chi connectivity index (χ0v) is 13.4. The van der Waals surface area contributed by atoms with Gasteiger partial charge in [0.2, 0.25) is 5.03 Å². The Morgan fingerprint density at radius 2 is 2.20 bits per heavy atom. The molecule has 1 aromatic rings. The van der Waals surface area contributed by atoms with E-state index in [1.165, 1.54) is 24.9 Å². The number of carbonyl (C=O) groups excluding carboxylic acids is 1. The molecule has 0 saturated heterocycles. The highest BCUT2D eigenvalue weighted by atomic mass is 35.5. The number of aryl methyl sites for hydroxylation is 1. The second-order valence-corrected chi connectivity index (χ2v) is 6.59. The molecule has 7 nitrogen and oxygen atoms in total. The Morgan fingerprint density at radius 1 is 1.60 bits per heavy atom. The van der Waals surface area contributed by atoms with Crippen LogP contribution in [0.25, 0.3) is 0 Å². The standard InChI is InChI=1S/C11H18ClN3O4S/c1-5-6-11(2,10(16)19-4)14-20(17,18)9-8(12)15(3)7-13-9/h7,14H,5-6H2,1-4H3. The third kappa shape index (κ3) is 3.31. The smallest absolute Gasteiger partial charge is 0.326 e. The molecule has 1 rings (SSSR count). The van der Waals surface area contributed by atoms with E-state index in [0.29, 0.717) is 12.8 Å². The monoisotopic (exact) mass is 323 g/mol. The van der Waals surface area contributed by atoms with Gasteiger partial charge in [-0.05, 0) is 13.3 Å². The van der Waals surface area contributed by atoms with Crippen molar-refractivity contribution in [3.05, 3.63) is 11.5 Å². The van der Waals surface area contributed by atoms with Crippen LogP contribution in [-0.2, 0) is 26.6 Å². The van der Waals surface area contributed by atoms with Crippen molar-refractivity contribution in [2.45, 2.75) is 37.3 Å². The number of nitrogens with one attached hydrogen (secondary N) is 1. The third-order valence-electron chi connectivity index (χ3n) is 2.83. The summed E-state index contributed by atoms with van der Waals surface area (Å²) in [5, 5.41) is -0.339. The Hall–Kier alpha value is -1.12. The maximum atomic E-state index is 12.3. The fourth-order valence-corrected chi connectivity index (χ4v) is 3.66. The van der Waals surface area contributed by atoms with Crippen molar-refractivity contribution >= 4 is 27.6 Å². The molecular formula is C11H18ClN3O4S. The van der Waals surface area contributed by atoms with Gasteiger partial charge >= 0.3 is 5.97 Å². The molecule has 20 heavy (non-hydrogen) atoms. The highest BCUT2D eigenvalue weighted by molar-refractivity contribution is 7.89. The van der Waals surface area contributed by atoms with Gasteiger partial charge in [-0.15, -0.1) is 0 Å². The summed E-state index contributed by atoms with van der Waals surface area (Å²) in [5.74, 6) is -0.657. The molecule has 0 radical (unpaired) electrons. The second kappa shape index (κ2) is 6.11. The first-order valence-corrected chi connectivity index (χ1v) is 7.83. The molecule has 9 heteroatoms. The minimum absolute atomic E-state index is 0.0267. The number of methoxy groups -OCH3 is 1. The maximum Gasteiger partial charge on any atom is 0.326 e. The van der Waals surface area contributed by atoms with E-state index in [0.717, 1.165) is 0 Å². The van der Waals surface area contributed by atoms with Crippen LogP contribution in [0.1, 0.15) is 26.7 Å². The van der Waals surface area contributed by atoms with Crippen LogP contribution in [0.15, 0.2) is 11.4 Å². The van der Waals surface area contributed by atoms with E-state index in [1.807, 2.05) is 6.92 Å². The molecule has 0 amide bonds. The molecule has 114 valence electrons. The second-order valence-electron chi connectivity index (χ2n) is 4.63. The minimum atomic E-state index is -4.02. The first-order valence-electron chi connectivity index (χ1n) is 5.97. The maximum absolute atomic E-state index is 12.3. The first-order chi connectivity index (χ1) is 9.18. The van der Waals surface area contributed by atoms with Crippen molar-refractivity contribution in [3.8, 4) is 0 Å². The van der Waals surface area contributed by atoms with Crippen LogP contribution in [0.5, 0.6) is 0 Å². The highest BCUT2D eigenvalue weighted by Gasteiger charge is 2.39. The summed E-state index contributed by atoms with van der Waals surface area (Å²) >= 11 is 5.88. The molecule has 1 atom stereocenters. The number of ether oxygens (including phenoxy) is 1. The SMILES string of the molecule is CCCC(C)(NS(=O)(=O)c1ncn(C)c1Cl)C(=O)OC. The molecule has 0 aliphatic carbocycles. The molecular weight excluding hydrogens is 306 g/mol. The Bertz CT molecular complexity index is 599. The lowest BCUT2D eigenvalue weighted by atomic mass is 9.98. The van der Waals surface area contributed by atoms with Crippen LogP contribution < -0.4 is 4.72 Å². The van der Waals surface area contributed by atoms with E-state index >= 15 is 0 Å². The lowest BCUT2D eigenvalue weighted by Gasteiger charge is -2.26. The third-order valence-corrected chi connectivity index (χ3v) is 4.92. The summed E-state index contributed by atoms with van der Waals surface area (Å²) in [6.07, 6.45) is 2.18. The van der Waals surface area contributed by atoms with Gasteiger partial charge in [-0.2, -0.15) is 4.72 Å². The van der Waals surface area contributed by atoms with Crippen molar-refractivity contribution in [1.29, 1.82) is 0 Å². The summed E-state index contributed by atoms with van der Waals surface area (Å²) in [6, 6.07) is 0. The van der Waals surface area contributed by atoms with Gasteiger partial charge in [-0.1, -0.05) is 24.9 Å². The molecule has 1 heterocycles. The normalized spacial score (nSPS) is 14.8. The fraction of sp³-hybridized carbons (Fsp3) is 0.636. The van der Waals surface area contributed by atoms with Crippen molar-refractivity contribution in [2.24, 2.45) is 7.05 Å². The lowest BCUT2D eigenvalue weighted by Crippen LogP contribution is -2.52. The Kier molecular flexibility index (Phi) is 5.17. The van der Waals surface area contributed by atoms with E-state index < -0.39 is 21.5 Å². The summed E-state index contributed by atoms with van der Waals surface area (Å²) in [5.41, 5.74) is -1.36. The summed E-state index contributed by atoms with van der Waals surface area (Å²) in [4.78, 5) is 15.6. The zero-order valence-electron chi connectivity index (χ0n) is 11.8. The number of nitrogens with zero attached hydrogens (tertiary/aromatic N) is 2. The number of aromatic nitrogens is 2. The molecule has 0 aliphatic heterocycles. The minimum Gasteiger partial charge on any atom is -0.468 e. The van der Waals surface area contributed by atoms with Crippen molar-refractivity contribution in [2.75, 3.05) is 7.11 Å². The molecule has 0 fully saturated rings. The van der Waals surface area contributed by atoms with Crippen LogP contribution in [0.4, 0.5) is 0 Å². The van der Waals surface area contributed by atoms with E-state index in [4.69, 9.17) is 11.6 Å². The fourth-order valence-electron chi connectivity index (χ4n) is 1.84. The Balaban J connectivity index is 3.16. The van der Waals surface area contributed by atoms with Crippen LogP contribution in [0.3, 0.4) is 0 Å². The number of carbonyl (C=O) groups is 1. The van der Waals surface area contributed by atoms with Gasteiger partial charge in [-0.25, -0.2) is 13.4 Å². The number of imidazole rings is 1. The van der Waals surface area contributed by atoms with Crippen LogP contribution in [-0.4, -0.2) is 36.6 Å². The number of hydrogen-bond acceptors (Lipinski definition) is 5. The molecule has 0 aromatic carbocycles. The van der Waals surface area contributed by atoms with Gasteiger partial charge < -0.3 is 9.30 Å². The van der Waals surface area contributed by atoms with Gasteiger partial charge in [0.1, 0.15) is 10.7 Å². The predicted molar refractivity (Wildman–Crippen MR) is 73.9 cm³/mol. The van der Waals surface area contributed by atoms with Gasteiger partial charge in [-0.3, -0.25) is 4.79 Å². The summed E-state index contributed by atoms with van der Waals surface area (Å²) in [6.45, 7) is 3.31. The highest BCUT2D eigenvalue weighted by Crippen LogP contribution is 2.22. The first kappa shape index (κ1) is 16.9. The quantitative estimate of drug-likeness (QED) is 0.791. The van der Waals surface area contributed by atoms with E-state index in [-0.39, 0.29) is 10.2 Å². The van der Waals surface area contributed by atoms with Crippen LogP contribution in [0, 0.1) is 0 Å². The topological polar surface area (TPSA) is 90.3 Å². The van der Waals surface area contributed by atoms with Crippen LogP contribution >= 0.6 is 11.6 Å². The van der Waals surface area contributed by atoms with E-state index in [2.05, 4.69) is 14.4 Å². The lowest BCUT2D eigenvalue weighted by molar-refractivity contribution is -0.147. The van der Waals surface area contributed by atoms with E-state index in [9.17, 15) is 13.2 Å². The molecule has 1 N–H and O–H groups in total. The average molecular weight is 324 g/mol. The zero-order chi connectivity index (χ0) is 15.6. The van der Waals surface area contributed by atoms with Gasteiger partial charge in [0.15, 0.2) is 0 Å².